The van der Waals surface area contributed by atoms with Gasteiger partial charge in [-0.1, -0.05) is 95.3 Å². The molecule has 1 fully saturated rings. The lowest BCUT2D eigenvalue weighted by Crippen LogP contribution is -2.15. The number of carbonyl (C=O) groups is 1. The molecule has 1 rings (SSSR count). The molecule has 2 radical (unpaired) electrons. The number of nitrogens with two attached hydrogens (primary N) is 1. The summed E-state index contributed by atoms with van der Waals surface area (Å²) in [5.74, 6) is -0.442. The molecule has 1 saturated heterocycles. The molecule has 1 heterocycles. The number of unbranched alkanes of at least 4 members (excludes halogenated alkanes) is 4. The van der Waals surface area contributed by atoms with E-state index in [0.29, 0.717) is 10.5 Å². The molecular formula is C23H42BNO2S4. The highest BCUT2D eigenvalue weighted by Crippen LogP contribution is 2.45. The van der Waals surface area contributed by atoms with Crippen molar-refractivity contribution in [3.8, 4) is 0 Å². The van der Waals surface area contributed by atoms with Crippen LogP contribution in [0.5, 0.6) is 0 Å². The van der Waals surface area contributed by atoms with E-state index in [-0.39, 0.29) is 12.2 Å². The molecule has 0 aromatic rings. The summed E-state index contributed by atoms with van der Waals surface area (Å²) in [6, 6.07) is 0. The van der Waals surface area contributed by atoms with Gasteiger partial charge in [-0.2, -0.15) is 0 Å². The van der Waals surface area contributed by atoms with Gasteiger partial charge in [0.1, 0.15) is 0 Å². The first-order valence-electron chi connectivity index (χ1n) is 11.9. The van der Waals surface area contributed by atoms with Crippen molar-refractivity contribution in [2.75, 3.05) is 6.54 Å². The fraction of sp³-hybridized carbons (Fsp3) is 0.870. The topological polar surface area (TPSA) is 63.3 Å². The van der Waals surface area contributed by atoms with E-state index in [4.69, 9.17) is 18.7 Å². The number of aliphatic carboxylic acids is 1. The third-order valence-corrected chi connectivity index (χ3v) is 10.9. The molecule has 178 valence electrons. The molecule has 1 aliphatic rings. The van der Waals surface area contributed by atoms with Crippen LogP contribution in [0.4, 0.5) is 0 Å². The molecular weight excluding hydrogens is 461 g/mol. The van der Waals surface area contributed by atoms with Gasteiger partial charge in [-0.3, -0.25) is 4.79 Å². The Balaban J connectivity index is 1.99. The largest absolute Gasteiger partial charge is 0.481 e. The third-order valence-electron chi connectivity index (χ3n) is 5.90. The van der Waals surface area contributed by atoms with Gasteiger partial charge in [0.05, 0.1) is 7.85 Å². The minimum Gasteiger partial charge on any atom is -0.481 e. The second kappa shape index (κ2) is 19.0. The number of hydrogen-bond acceptors (Lipinski definition) is 6. The summed E-state index contributed by atoms with van der Waals surface area (Å²) in [7, 11) is 11.9. The molecule has 0 aromatic heterocycles. The van der Waals surface area contributed by atoms with Crippen LogP contribution in [0.2, 0.25) is 5.82 Å². The molecule has 0 aliphatic carbocycles. The summed E-state index contributed by atoms with van der Waals surface area (Å²) in [6.45, 7) is 5.13. The summed E-state index contributed by atoms with van der Waals surface area (Å²) < 4.78 is 0. The molecule has 4 atom stereocenters. The van der Waals surface area contributed by atoms with Crippen molar-refractivity contribution in [2.24, 2.45) is 5.73 Å². The highest BCUT2D eigenvalue weighted by atomic mass is 33.1. The highest BCUT2D eigenvalue weighted by molar-refractivity contribution is 8.77. The van der Waals surface area contributed by atoms with Crippen molar-refractivity contribution < 1.29 is 9.90 Å². The van der Waals surface area contributed by atoms with E-state index in [1.807, 2.05) is 21.6 Å². The molecule has 1 aliphatic heterocycles. The minimum absolute atomic E-state index is 0.259. The van der Waals surface area contributed by atoms with Crippen LogP contribution in [-0.4, -0.2) is 41.2 Å². The summed E-state index contributed by atoms with van der Waals surface area (Å²) in [6.07, 6.45) is 16.0. The maximum absolute atomic E-state index is 10.5. The maximum atomic E-state index is 10.5. The number of allylic oxidation sites excluding steroid dienone is 1. The van der Waals surface area contributed by atoms with Crippen LogP contribution >= 0.6 is 44.0 Å². The summed E-state index contributed by atoms with van der Waals surface area (Å²) >= 11 is 4.51. The molecule has 3 nitrogen and oxygen atoms in total. The van der Waals surface area contributed by atoms with E-state index in [9.17, 15) is 4.79 Å². The summed E-state index contributed by atoms with van der Waals surface area (Å²) in [5.41, 5.74) is 7.14. The monoisotopic (exact) mass is 503 g/mol. The Morgan fingerprint density at radius 3 is 2.29 bits per heavy atom. The van der Waals surface area contributed by atoms with Gasteiger partial charge in [0.15, 0.2) is 0 Å². The van der Waals surface area contributed by atoms with Gasteiger partial charge in [0.25, 0.3) is 0 Å². The number of hydrogen-bond donors (Lipinski definition) is 3. The van der Waals surface area contributed by atoms with Crippen LogP contribution in [0.25, 0.3) is 0 Å². The second-order valence-corrected chi connectivity index (χ2v) is 13.3. The maximum Gasteiger partial charge on any atom is 0.303 e. The van der Waals surface area contributed by atoms with Gasteiger partial charge >= 0.3 is 5.97 Å². The van der Waals surface area contributed by atoms with Crippen LogP contribution in [0.3, 0.4) is 0 Å². The Labute approximate surface area is 209 Å². The number of rotatable bonds is 20. The summed E-state index contributed by atoms with van der Waals surface area (Å²) in [4.78, 5) is 10.5. The van der Waals surface area contributed by atoms with E-state index < -0.39 is 5.97 Å². The van der Waals surface area contributed by atoms with Gasteiger partial charge in [-0.25, -0.2) is 0 Å². The average molecular weight is 504 g/mol. The van der Waals surface area contributed by atoms with Crippen molar-refractivity contribution in [1.29, 1.82) is 0 Å². The smallest absolute Gasteiger partial charge is 0.303 e. The zero-order valence-corrected chi connectivity index (χ0v) is 22.4. The zero-order valence-electron chi connectivity index (χ0n) is 19.0. The predicted molar refractivity (Wildman–Crippen MR) is 148 cm³/mol. The van der Waals surface area contributed by atoms with E-state index in [2.05, 4.69) is 18.2 Å². The van der Waals surface area contributed by atoms with Crippen molar-refractivity contribution in [3.05, 3.63) is 12.2 Å². The Morgan fingerprint density at radius 2 is 1.71 bits per heavy atom. The Bertz CT molecular complexity index is 498. The Hall–Kier alpha value is 0.635. The standard InChI is InChI=1S/C23H42BNO2S4/c1-18(9-4-2-5-10-19(24)11-6-3-7-14-23(26)27)15-20(29-28)12-8-13-21-16-22(17-25)31-30-21/h19-22,28H,1-17,25H2,(H,26,27). The number of carboxylic acid groups (broad SMARTS) is 1. The molecule has 0 amide bonds. The van der Waals surface area contributed by atoms with Crippen LogP contribution in [0, 0.1) is 0 Å². The molecule has 3 N–H and O–H groups in total. The Morgan fingerprint density at radius 1 is 1.06 bits per heavy atom. The minimum atomic E-state index is -0.700. The van der Waals surface area contributed by atoms with Gasteiger partial charge in [-0.05, 0) is 44.9 Å². The lowest BCUT2D eigenvalue weighted by atomic mass is 9.79. The van der Waals surface area contributed by atoms with Crippen molar-refractivity contribution in [2.45, 2.75) is 118 Å². The average Bonchev–Trinajstić information content (AvgIpc) is 3.20. The summed E-state index contributed by atoms with van der Waals surface area (Å²) in [5, 5.41) is 10.7. The zero-order chi connectivity index (χ0) is 22.9. The van der Waals surface area contributed by atoms with Crippen molar-refractivity contribution >= 4 is 57.9 Å². The molecule has 31 heavy (non-hydrogen) atoms. The fourth-order valence-electron chi connectivity index (χ4n) is 3.98. The SMILES string of the molecule is [B]C(CCCCCC(=C)CC(CCCC1CC(CN)SS1)SS)CCCCCC(=O)O. The van der Waals surface area contributed by atoms with Gasteiger partial charge in [0.2, 0.25) is 0 Å². The van der Waals surface area contributed by atoms with Crippen LogP contribution in [0.1, 0.15) is 96.3 Å². The lowest BCUT2D eigenvalue weighted by Gasteiger charge is -2.16. The first-order chi connectivity index (χ1) is 14.9. The molecule has 0 spiro atoms. The Kier molecular flexibility index (Phi) is 18.2. The number of thiol groups is 1. The normalized spacial score (nSPS) is 20.6. The fourth-order valence-corrected chi connectivity index (χ4v) is 8.44. The third kappa shape index (κ3) is 16.0. The van der Waals surface area contributed by atoms with E-state index >= 15 is 0 Å². The highest BCUT2D eigenvalue weighted by Gasteiger charge is 2.25. The van der Waals surface area contributed by atoms with Gasteiger partial charge < -0.3 is 10.8 Å². The second-order valence-electron chi connectivity index (χ2n) is 8.87. The van der Waals surface area contributed by atoms with Gasteiger partial charge in [0, 0.05) is 28.7 Å². The first kappa shape index (κ1) is 29.7. The number of carboxylic acids is 1. The molecule has 4 unspecified atom stereocenters. The van der Waals surface area contributed by atoms with Gasteiger partial charge in [-0.15, -0.1) is 11.7 Å². The quantitative estimate of drug-likeness (QED) is 0.0526. The lowest BCUT2D eigenvalue weighted by molar-refractivity contribution is -0.137. The molecule has 0 bridgehead atoms. The first-order valence-corrected chi connectivity index (χ1v) is 16.1. The van der Waals surface area contributed by atoms with E-state index in [0.717, 1.165) is 56.7 Å². The van der Waals surface area contributed by atoms with E-state index in [1.165, 1.54) is 50.5 Å². The molecule has 0 aromatic carbocycles. The molecule has 8 heteroatoms. The van der Waals surface area contributed by atoms with E-state index in [1.54, 1.807) is 10.8 Å². The van der Waals surface area contributed by atoms with Crippen LogP contribution < -0.4 is 5.73 Å². The van der Waals surface area contributed by atoms with Crippen molar-refractivity contribution in [1.82, 2.24) is 0 Å². The molecule has 0 saturated carbocycles. The van der Waals surface area contributed by atoms with Crippen molar-refractivity contribution in [3.63, 3.8) is 0 Å². The van der Waals surface area contributed by atoms with Crippen LogP contribution in [-0.2, 0) is 4.79 Å². The van der Waals surface area contributed by atoms with Crippen LogP contribution in [0.15, 0.2) is 12.2 Å². The predicted octanol–water partition coefficient (Wildman–Crippen LogP) is 7.47.